The molecular formula is C24H23N3O3. The average Bonchev–Trinajstić information content (AvgIpc) is 3.20. The Morgan fingerprint density at radius 1 is 1.17 bits per heavy atom. The maximum atomic E-state index is 13.3. The molecule has 3 heterocycles. The van der Waals surface area contributed by atoms with Crippen LogP contribution < -0.4 is 5.32 Å². The summed E-state index contributed by atoms with van der Waals surface area (Å²) in [5.41, 5.74) is 5.32. The highest BCUT2D eigenvalue weighted by molar-refractivity contribution is 6.11. The van der Waals surface area contributed by atoms with Crippen molar-refractivity contribution in [3.8, 4) is 5.75 Å². The van der Waals surface area contributed by atoms with Crippen LogP contribution in [0, 0.1) is 0 Å². The van der Waals surface area contributed by atoms with E-state index in [2.05, 4.69) is 36.0 Å². The molecule has 1 aromatic heterocycles. The number of anilines is 1. The zero-order valence-corrected chi connectivity index (χ0v) is 17.1. The molecule has 0 aliphatic carbocycles. The Hall–Kier alpha value is -3.54. The molecule has 3 aromatic rings. The van der Waals surface area contributed by atoms with Gasteiger partial charge in [0, 0.05) is 41.9 Å². The highest BCUT2D eigenvalue weighted by Crippen LogP contribution is 2.47. The van der Waals surface area contributed by atoms with Gasteiger partial charge in [0.25, 0.3) is 5.91 Å². The van der Waals surface area contributed by atoms with Gasteiger partial charge in [0.05, 0.1) is 17.6 Å². The number of hydrogen-bond acceptors (Lipinski definition) is 4. The first-order valence-corrected chi connectivity index (χ1v) is 10.1. The second-order valence-corrected chi connectivity index (χ2v) is 8.24. The molecule has 0 radical (unpaired) electrons. The van der Waals surface area contributed by atoms with Gasteiger partial charge in [-0.05, 0) is 49.2 Å². The quantitative estimate of drug-likeness (QED) is 0.677. The van der Waals surface area contributed by atoms with Gasteiger partial charge in [-0.1, -0.05) is 18.2 Å². The standard InChI is InChI=1S/C24H23N3O3/c1-13(2)26-11-17-21(15-7-9-16(29)10-8-15)23-19(12-27(14(3)28)24(23)30)25-18-5-4-6-20(26)22(17)18/h4-11,13,21,25,29H,12H2,1-3H3. The fourth-order valence-electron chi connectivity index (χ4n) is 4.67. The van der Waals surface area contributed by atoms with Crippen LogP contribution in [0.2, 0.25) is 0 Å². The lowest BCUT2D eigenvalue weighted by atomic mass is 9.84. The number of hydrogen-bond donors (Lipinski definition) is 2. The van der Waals surface area contributed by atoms with Crippen molar-refractivity contribution >= 4 is 28.4 Å². The Morgan fingerprint density at radius 2 is 1.90 bits per heavy atom. The molecule has 0 saturated carbocycles. The summed E-state index contributed by atoms with van der Waals surface area (Å²) < 4.78 is 2.22. The van der Waals surface area contributed by atoms with Crippen molar-refractivity contribution in [2.24, 2.45) is 0 Å². The molecule has 6 heteroatoms. The minimum absolute atomic E-state index is 0.174. The van der Waals surface area contributed by atoms with E-state index in [0.29, 0.717) is 5.57 Å². The lowest BCUT2D eigenvalue weighted by molar-refractivity contribution is -0.139. The van der Waals surface area contributed by atoms with Gasteiger partial charge in [0.2, 0.25) is 5.91 Å². The Kier molecular flexibility index (Phi) is 4.00. The fourth-order valence-corrected chi connectivity index (χ4v) is 4.67. The number of carbonyl (C=O) groups is 2. The molecule has 0 fully saturated rings. The van der Waals surface area contributed by atoms with Crippen molar-refractivity contribution in [3.63, 3.8) is 0 Å². The number of aromatic hydroxyl groups is 1. The molecule has 2 amide bonds. The lowest BCUT2D eigenvalue weighted by Crippen LogP contribution is -2.33. The lowest BCUT2D eigenvalue weighted by Gasteiger charge is -2.19. The topological polar surface area (TPSA) is 74.6 Å². The van der Waals surface area contributed by atoms with Crippen molar-refractivity contribution in [2.75, 3.05) is 11.9 Å². The van der Waals surface area contributed by atoms with E-state index >= 15 is 0 Å². The summed E-state index contributed by atoms with van der Waals surface area (Å²) in [4.78, 5) is 26.8. The van der Waals surface area contributed by atoms with E-state index in [1.165, 1.54) is 11.8 Å². The van der Waals surface area contributed by atoms with Crippen LogP contribution in [0.15, 0.2) is 59.9 Å². The van der Waals surface area contributed by atoms with E-state index in [9.17, 15) is 14.7 Å². The maximum Gasteiger partial charge on any atom is 0.259 e. The zero-order valence-electron chi connectivity index (χ0n) is 17.1. The van der Waals surface area contributed by atoms with Gasteiger partial charge in [-0.25, -0.2) is 0 Å². The first kappa shape index (κ1) is 18.5. The van der Waals surface area contributed by atoms with E-state index in [0.717, 1.165) is 33.4 Å². The summed E-state index contributed by atoms with van der Waals surface area (Å²) in [6, 6.07) is 13.3. The van der Waals surface area contributed by atoms with E-state index in [1.807, 2.05) is 24.3 Å². The molecule has 0 spiro atoms. The number of phenolic OH excluding ortho intramolecular Hbond substituents is 1. The molecule has 0 bridgehead atoms. The molecule has 1 unspecified atom stereocenters. The van der Waals surface area contributed by atoms with Crippen LogP contribution in [-0.2, 0) is 9.59 Å². The number of benzene rings is 2. The zero-order chi connectivity index (χ0) is 21.2. The maximum absolute atomic E-state index is 13.3. The first-order valence-electron chi connectivity index (χ1n) is 10.1. The highest BCUT2D eigenvalue weighted by Gasteiger charge is 2.41. The third kappa shape index (κ3) is 2.56. The van der Waals surface area contributed by atoms with Crippen molar-refractivity contribution < 1.29 is 14.7 Å². The van der Waals surface area contributed by atoms with E-state index in [1.54, 1.807) is 12.1 Å². The molecule has 1 atom stereocenters. The largest absolute Gasteiger partial charge is 0.508 e. The number of amides is 2. The van der Waals surface area contributed by atoms with Crippen LogP contribution in [0.5, 0.6) is 5.75 Å². The molecule has 2 N–H and O–H groups in total. The first-order chi connectivity index (χ1) is 14.4. The molecule has 30 heavy (non-hydrogen) atoms. The Bertz CT molecular complexity index is 1230. The van der Waals surface area contributed by atoms with Crippen molar-refractivity contribution in [1.29, 1.82) is 0 Å². The molecule has 0 saturated heterocycles. The van der Waals surface area contributed by atoms with Crippen molar-refractivity contribution in [3.05, 3.63) is 71.1 Å². The van der Waals surface area contributed by atoms with Crippen molar-refractivity contribution in [1.82, 2.24) is 9.47 Å². The van der Waals surface area contributed by atoms with E-state index < -0.39 is 0 Å². The van der Waals surface area contributed by atoms with Gasteiger partial charge in [-0.3, -0.25) is 14.5 Å². The minimum Gasteiger partial charge on any atom is -0.508 e. The van der Waals surface area contributed by atoms with Crippen LogP contribution in [-0.4, -0.2) is 32.9 Å². The smallest absolute Gasteiger partial charge is 0.259 e. The van der Waals surface area contributed by atoms with Crippen LogP contribution in [0.25, 0.3) is 10.9 Å². The second-order valence-electron chi connectivity index (χ2n) is 8.24. The van der Waals surface area contributed by atoms with Gasteiger partial charge in [-0.2, -0.15) is 0 Å². The number of imide groups is 1. The van der Waals surface area contributed by atoms with Gasteiger partial charge < -0.3 is 15.0 Å². The predicted octanol–water partition coefficient (Wildman–Crippen LogP) is 4.13. The van der Waals surface area contributed by atoms with Crippen LogP contribution >= 0.6 is 0 Å². The monoisotopic (exact) mass is 401 g/mol. The molecule has 2 aliphatic rings. The summed E-state index contributed by atoms with van der Waals surface area (Å²) in [5.74, 6) is -0.692. The molecule has 2 aromatic carbocycles. The minimum atomic E-state index is -0.337. The highest BCUT2D eigenvalue weighted by atomic mass is 16.3. The molecule has 6 nitrogen and oxygen atoms in total. The van der Waals surface area contributed by atoms with Gasteiger partial charge in [0.15, 0.2) is 0 Å². The van der Waals surface area contributed by atoms with Crippen molar-refractivity contribution in [2.45, 2.75) is 32.7 Å². The molecular weight excluding hydrogens is 378 g/mol. The summed E-state index contributed by atoms with van der Waals surface area (Å²) in [5, 5.41) is 14.4. The fraction of sp³-hybridized carbons (Fsp3) is 0.250. The van der Waals surface area contributed by atoms with Gasteiger partial charge in [0.1, 0.15) is 5.75 Å². The number of aromatic nitrogens is 1. The Labute approximate surface area is 174 Å². The summed E-state index contributed by atoms with van der Waals surface area (Å²) in [7, 11) is 0. The second kappa shape index (κ2) is 6.49. The molecule has 2 aliphatic heterocycles. The number of nitrogens with one attached hydrogen (secondary N) is 1. The number of nitrogens with zero attached hydrogens (tertiary/aromatic N) is 2. The third-order valence-electron chi connectivity index (χ3n) is 6.05. The van der Waals surface area contributed by atoms with Crippen LogP contribution in [0.1, 0.15) is 43.9 Å². The molecule has 5 rings (SSSR count). The van der Waals surface area contributed by atoms with Gasteiger partial charge in [-0.15, -0.1) is 0 Å². The summed E-state index contributed by atoms with van der Waals surface area (Å²) in [6.45, 7) is 5.92. The average molecular weight is 401 g/mol. The normalized spacial score (nSPS) is 18.1. The predicted molar refractivity (Wildman–Crippen MR) is 115 cm³/mol. The Balaban J connectivity index is 1.82. The third-order valence-corrected chi connectivity index (χ3v) is 6.05. The Morgan fingerprint density at radius 3 is 2.57 bits per heavy atom. The van der Waals surface area contributed by atoms with Gasteiger partial charge >= 0.3 is 0 Å². The number of rotatable bonds is 2. The van der Waals surface area contributed by atoms with Crippen LogP contribution in [0.4, 0.5) is 5.69 Å². The van der Waals surface area contributed by atoms with E-state index in [-0.39, 0.29) is 36.1 Å². The molecule has 152 valence electrons. The van der Waals surface area contributed by atoms with E-state index in [4.69, 9.17) is 0 Å². The number of carbonyl (C=O) groups excluding carboxylic acids is 2. The summed E-state index contributed by atoms with van der Waals surface area (Å²) >= 11 is 0. The number of phenols is 1. The SMILES string of the molecule is CC(=O)N1CC2=C(C1=O)C(c1ccc(O)cc1)c1cn(C(C)C)c3cccc(c13)N2. The summed E-state index contributed by atoms with van der Waals surface area (Å²) in [6.07, 6.45) is 2.12. The van der Waals surface area contributed by atoms with Crippen LogP contribution in [0.3, 0.4) is 0 Å².